The minimum Gasteiger partial charge on any atom is -0.383 e. The first-order valence-corrected chi connectivity index (χ1v) is 7.44. The number of benzene rings is 2. The second-order valence-electron chi connectivity index (χ2n) is 5.61. The summed E-state index contributed by atoms with van der Waals surface area (Å²) in [5.74, 6) is 0.268. The van der Waals surface area contributed by atoms with Gasteiger partial charge in [0.05, 0.1) is 5.69 Å². The van der Waals surface area contributed by atoms with Crippen LogP contribution in [0.5, 0.6) is 0 Å². The maximum absolute atomic E-state index is 9.45. The zero-order valence-electron chi connectivity index (χ0n) is 13.2. The molecule has 3 heteroatoms. The Kier molecular flexibility index (Phi) is 3.82. The number of rotatable bonds is 2. The third kappa shape index (κ3) is 2.79. The first-order chi connectivity index (χ1) is 11.1. The molecule has 1 heterocycles. The Balaban J connectivity index is 2.27. The van der Waals surface area contributed by atoms with Crippen molar-refractivity contribution in [3.63, 3.8) is 0 Å². The summed E-state index contributed by atoms with van der Waals surface area (Å²) < 4.78 is 0. The molecule has 0 aliphatic rings. The van der Waals surface area contributed by atoms with E-state index in [2.05, 4.69) is 29.3 Å². The molecule has 1 aromatic heterocycles. The van der Waals surface area contributed by atoms with Crippen LogP contribution in [-0.2, 0) is 0 Å². The molecule has 0 spiro atoms. The number of nitrogens with two attached hydrogens (primary N) is 1. The molecule has 0 atom stereocenters. The van der Waals surface area contributed by atoms with E-state index in [4.69, 9.17) is 5.73 Å². The molecule has 0 amide bonds. The first kappa shape index (κ1) is 14.8. The minimum atomic E-state index is 0.268. The average molecular weight is 299 g/mol. The average Bonchev–Trinajstić information content (AvgIpc) is 2.57. The fourth-order valence-electron chi connectivity index (χ4n) is 2.68. The predicted molar refractivity (Wildman–Crippen MR) is 93.7 cm³/mol. The Morgan fingerprint density at radius 2 is 1.70 bits per heavy atom. The zero-order valence-corrected chi connectivity index (χ0v) is 13.2. The molecule has 23 heavy (non-hydrogen) atoms. The van der Waals surface area contributed by atoms with E-state index in [9.17, 15) is 5.26 Å². The van der Waals surface area contributed by atoms with Crippen molar-refractivity contribution in [3.05, 3.63) is 71.3 Å². The lowest BCUT2D eigenvalue weighted by Crippen LogP contribution is -2.00. The third-order valence-corrected chi connectivity index (χ3v) is 3.91. The van der Waals surface area contributed by atoms with Gasteiger partial charge in [0.2, 0.25) is 0 Å². The van der Waals surface area contributed by atoms with Crippen LogP contribution in [0, 0.1) is 25.2 Å². The second kappa shape index (κ2) is 5.94. The van der Waals surface area contributed by atoms with E-state index in [0.29, 0.717) is 5.56 Å². The number of anilines is 1. The van der Waals surface area contributed by atoms with E-state index in [1.54, 1.807) is 0 Å². The van der Waals surface area contributed by atoms with Crippen LogP contribution in [0.2, 0.25) is 0 Å². The molecular weight excluding hydrogens is 282 g/mol. The van der Waals surface area contributed by atoms with Gasteiger partial charge in [0.15, 0.2) is 0 Å². The molecule has 0 aliphatic carbocycles. The normalized spacial score (nSPS) is 10.3. The van der Waals surface area contributed by atoms with Crippen molar-refractivity contribution in [2.45, 2.75) is 13.8 Å². The van der Waals surface area contributed by atoms with Crippen LogP contribution in [0.25, 0.3) is 22.4 Å². The first-order valence-electron chi connectivity index (χ1n) is 7.44. The highest BCUT2D eigenvalue weighted by Gasteiger charge is 2.14. The topological polar surface area (TPSA) is 62.7 Å². The summed E-state index contributed by atoms with van der Waals surface area (Å²) in [5, 5.41) is 9.45. The summed E-state index contributed by atoms with van der Waals surface area (Å²) >= 11 is 0. The molecule has 3 nitrogen and oxygen atoms in total. The summed E-state index contributed by atoms with van der Waals surface area (Å²) in [7, 11) is 0. The third-order valence-electron chi connectivity index (χ3n) is 3.91. The van der Waals surface area contributed by atoms with Crippen LogP contribution >= 0.6 is 0 Å². The maximum Gasteiger partial charge on any atom is 0.142 e. The molecule has 0 unspecified atom stereocenters. The number of hydrogen-bond acceptors (Lipinski definition) is 3. The van der Waals surface area contributed by atoms with E-state index >= 15 is 0 Å². The van der Waals surface area contributed by atoms with Crippen molar-refractivity contribution in [1.29, 1.82) is 5.26 Å². The van der Waals surface area contributed by atoms with E-state index in [0.717, 1.165) is 33.5 Å². The van der Waals surface area contributed by atoms with Gasteiger partial charge in [0.25, 0.3) is 0 Å². The lowest BCUT2D eigenvalue weighted by Gasteiger charge is -2.12. The van der Waals surface area contributed by atoms with Crippen LogP contribution in [-0.4, -0.2) is 4.98 Å². The van der Waals surface area contributed by atoms with E-state index < -0.39 is 0 Å². The van der Waals surface area contributed by atoms with Crippen LogP contribution in [0.4, 0.5) is 5.82 Å². The number of nitriles is 1. The molecule has 2 N–H and O–H groups in total. The number of aryl methyl sites for hydroxylation is 2. The van der Waals surface area contributed by atoms with Crippen molar-refractivity contribution in [2.75, 3.05) is 5.73 Å². The molecule has 0 bridgehead atoms. The Hall–Kier alpha value is -3.12. The SMILES string of the molecule is Cc1ccc(C)c(-c2cc(-c3ccccc3)c(C#N)c(N)n2)c1. The van der Waals surface area contributed by atoms with E-state index in [1.807, 2.05) is 50.2 Å². The Morgan fingerprint density at radius 1 is 0.957 bits per heavy atom. The van der Waals surface area contributed by atoms with Gasteiger partial charge < -0.3 is 5.73 Å². The number of nitrogen functional groups attached to an aromatic ring is 1. The van der Waals surface area contributed by atoms with Gasteiger partial charge in [-0.05, 0) is 37.1 Å². The van der Waals surface area contributed by atoms with Gasteiger partial charge >= 0.3 is 0 Å². The van der Waals surface area contributed by atoms with Gasteiger partial charge in [-0.3, -0.25) is 0 Å². The molecule has 2 aromatic carbocycles. The van der Waals surface area contributed by atoms with Gasteiger partial charge in [0.1, 0.15) is 17.5 Å². The molecule has 0 fully saturated rings. The smallest absolute Gasteiger partial charge is 0.142 e. The standard InChI is InChI=1S/C20H17N3/c1-13-8-9-14(2)16(10-13)19-11-17(15-6-4-3-5-7-15)18(12-21)20(22)23-19/h3-11H,1-2H3,(H2,22,23). The van der Waals surface area contributed by atoms with Crippen molar-refractivity contribution in [1.82, 2.24) is 4.98 Å². The molecule has 0 saturated carbocycles. The summed E-state index contributed by atoms with van der Waals surface area (Å²) in [5.41, 5.74) is 12.4. The summed E-state index contributed by atoms with van der Waals surface area (Å²) in [6, 6.07) is 20.2. The number of nitrogens with zero attached hydrogens (tertiary/aromatic N) is 2. The highest BCUT2D eigenvalue weighted by Crippen LogP contribution is 2.32. The van der Waals surface area contributed by atoms with Crippen molar-refractivity contribution in [2.24, 2.45) is 0 Å². The predicted octanol–water partition coefficient (Wildman–Crippen LogP) is 4.49. The van der Waals surface area contributed by atoms with Crippen LogP contribution in [0.3, 0.4) is 0 Å². The molecule has 3 aromatic rings. The number of pyridine rings is 1. The number of hydrogen-bond donors (Lipinski definition) is 1. The van der Waals surface area contributed by atoms with Crippen LogP contribution in [0.1, 0.15) is 16.7 Å². The molecule has 0 saturated heterocycles. The van der Waals surface area contributed by atoms with Gasteiger partial charge in [0, 0.05) is 11.1 Å². The molecule has 3 rings (SSSR count). The molecule has 112 valence electrons. The van der Waals surface area contributed by atoms with Gasteiger partial charge in [-0.15, -0.1) is 0 Å². The summed E-state index contributed by atoms with van der Waals surface area (Å²) in [6.45, 7) is 4.10. The lowest BCUT2D eigenvalue weighted by molar-refractivity contribution is 1.28. The van der Waals surface area contributed by atoms with Crippen LogP contribution < -0.4 is 5.73 Å². The highest BCUT2D eigenvalue weighted by molar-refractivity contribution is 5.80. The van der Waals surface area contributed by atoms with Crippen molar-refractivity contribution < 1.29 is 0 Å². The lowest BCUT2D eigenvalue weighted by atomic mass is 9.96. The van der Waals surface area contributed by atoms with Gasteiger partial charge in [-0.25, -0.2) is 4.98 Å². The maximum atomic E-state index is 9.45. The molecular formula is C20H17N3. The Labute approximate surface area is 136 Å². The second-order valence-corrected chi connectivity index (χ2v) is 5.61. The largest absolute Gasteiger partial charge is 0.383 e. The van der Waals surface area contributed by atoms with Gasteiger partial charge in [-0.2, -0.15) is 5.26 Å². The Morgan fingerprint density at radius 3 is 2.39 bits per heavy atom. The minimum absolute atomic E-state index is 0.268. The number of aromatic nitrogens is 1. The fourth-order valence-corrected chi connectivity index (χ4v) is 2.68. The highest BCUT2D eigenvalue weighted by atomic mass is 14.8. The monoisotopic (exact) mass is 299 g/mol. The van der Waals surface area contributed by atoms with Gasteiger partial charge in [-0.1, -0.05) is 48.0 Å². The van der Waals surface area contributed by atoms with Crippen molar-refractivity contribution in [3.8, 4) is 28.5 Å². The van der Waals surface area contributed by atoms with Crippen LogP contribution in [0.15, 0.2) is 54.6 Å². The Bertz CT molecular complexity index is 906. The zero-order chi connectivity index (χ0) is 16.4. The van der Waals surface area contributed by atoms with E-state index in [1.165, 1.54) is 0 Å². The van der Waals surface area contributed by atoms with E-state index in [-0.39, 0.29) is 5.82 Å². The summed E-state index contributed by atoms with van der Waals surface area (Å²) in [6.07, 6.45) is 0. The molecule has 0 radical (unpaired) electrons. The fraction of sp³-hybridized carbons (Fsp3) is 0.100. The summed E-state index contributed by atoms with van der Waals surface area (Å²) in [4.78, 5) is 4.46. The van der Waals surface area contributed by atoms with Crippen molar-refractivity contribution >= 4 is 5.82 Å². The molecule has 0 aliphatic heterocycles. The quantitative estimate of drug-likeness (QED) is 0.758.